The molecule has 3 heteroatoms. The van der Waals surface area contributed by atoms with Gasteiger partial charge >= 0.3 is 0 Å². The molecule has 0 N–H and O–H groups in total. The minimum atomic E-state index is 0.398. The lowest BCUT2D eigenvalue weighted by Crippen LogP contribution is -2.06. The minimum Gasteiger partial charge on any atom is -0.494 e. The molecule has 3 nitrogen and oxygen atoms in total. The predicted octanol–water partition coefficient (Wildman–Crippen LogP) is 5.00. The van der Waals surface area contributed by atoms with Gasteiger partial charge in [0, 0.05) is 12.5 Å². The number of hydrogen-bond acceptors (Lipinski definition) is 2. The van der Waals surface area contributed by atoms with Crippen LogP contribution in [0.4, 0.5) is 0 Å². The van der Waals surface area contributed by atoms with Crippen LogP contribution in [-0.4, -0.2) is 16.2 Å². The van der Waals surface area contributed by atoms with Crippen molar-refractivity contribution in [3.8, 4) is 5.75 Å². The Morgan fingerprint density at radius 3 is 2.48 bits per heavy atom. The summed E-state index contributed by atoms with van der Waals surface area (Å²) in [6, 6.07) is 16.7. The number of aromatic nitrogens is 2. The van der Waals surface area contributed by atoms with Gasteiger partial charge in [-0.05, 0) is 36.2 Å². The molecule has 3 rings (SSSR count). The van der Waals surface area contributed by atoms with Gasteiger partial charge in [-0.1, -0.05) is 45.0 Å². The van der Waals surface area contributed by atoms with Crippen LogP contribution >= 0.6 is 0 Å². The summed E-state index contributed by atoms with van der Waals surface area (Å²) in [6.45, 7) is 8.11. The Morgan fingerprint density at radius 2 is 1.78 bits per heavy atom. The molecule has 0 spiro atoms. The van der Waals surface area contributed by atoms with Crippen molar-refractivity contribution in [1.82, 2.24) is 9.55 Å². The summed E-state index contributed by atoms with van der Waals surface area (Å²) in [5.41, 5.74) is 3.53. The number of imidazole rings is 1. The highest BCUT2D eigenvalue weighted by atomic mass is 16.5. The summed E-state index contributed by atoms with van der Waals surface area (Å²) in [6.07, 6.45) is 1.03. The van der Waals surface area contributed by atoms with E-state index in [0.29, 0.717) is 5.92 Å². The van der Waals surface area contributed by atoms with Crippen molar-refractivity contribution < 1.29 is 4.74 Å². The first kappa shape index (κ1) is 15.6. The fraction of sp³-hybridized carbons (Fsp3) is 0.350. The maximum atomic E-state index is 5.66. The third-order valence-corrected chi connectivity index (χ3v) is 3.94. The lowest BCUT2D eigenvalue weighted by molar-refractivity contribution is 0.317. The fourth-order valence-corrected chi connectivity index (χ4v) is 2.79. The first-order valence-electron chi connectivity index (χ1n) is 8.36. The van der Waals surface area contributed by atoms with E-state index in [1.165, 1.54) is 11.1 Å². The van der Waals surface area contributed by atoms with Gasteiger partial charge < -0.3 is 9.30 Å². The van der Waals surface area contributed by atoms with Crippen LogP contribution < -0.4 is 4.74 Å². The standard InChI is InChI=1S/C20H24N2O/c1-4-13-23-17-11-9-16(10-12-17)14-22-19-8-6-5-7-18(19)21-20(22)15(2)3/h5-12,15H,4,13-14H2,1-3H3. The molecule has 0 saturated heterocycles. The third-order valence-electron chi connectivity index (χ3n) is 3.94. The molecule has 0 atom stereocenters. The number of benzene rings is 2. The summed E-state index contributed by atoms with van der Waals surface area (Å²) in [5.74, 6) is 2.47. The topological polar surface area (TPSA) is 27.1 Å². The highest BCUT2D eigenvalue weighted by molar-refractivity contribution is 5.76. The summed E-state index contributed by atoms with van der Waals surface area (Å²) >= 11 is 0. The maximum Gasteiger partial charge on any atom is 0.119 e. The van der Waals surface area contributed by atoms with Crippen molar-refractivity contribution in [3.05, 3.63) is 59.9 Å². The molecule has 120 valence electrons. The average molecular weight is 308 g/mol. The molecule has 0 aliphatic heterocycles. The van der Waals surface area contributed by atoms with Crippen LogP contribution in [0.25, 0.3) is 11.0 Å². The molecule has 2 aromatic carbocycles. The van der Waals surface area contributed by atoms with Crippen molar-refractivity contribution >= 4 is 11.0 Å². The third kappa shape index (κ3) is 3.39. The molecular formula is C20H24N2O. The molecule has 0 radical (unpaired) electrons. The van der Waals surface area contributed by atoms with Crippen LogP contribution in [0.5, 0.6) is 5.75 Å². The van der Waals surface area contributed by atoms with Crippen LogP contribution in [-0.2, 0) is 6.54 Å². The molecule has 0 amide bonds. The molecule has 0 saturated carbocycles. The quantitative estimate of drug-likeness (QED) is 0.641. The van der Waals surface area contributed by atoms with Gasteiger partial charge in [0.1, 0.15) is 11.6 Å². The van der Waals surface area contributed by atoms with Crippen LogP contribution in [0.15, 0.2) is 48.5 Å². The smallest absolute Gasteiger partial charge is 0.119 e. The van der Waals surface area contributed by atoms with Gasteiger partial charge in [0.25, 0.3) is 0 Å². The highest BCUT2D eigenvalue weighted by Crippen LogP contribution is 2.23. The largest absolute Gasteiger partial charge is 0.494 e. The lowest BCUT2D eigenvalue weighted by atomic mass is 10.2. The van der Waals surface area contributed by atoms with Gasteiger partial charge in [0.2, 0.25) is 0 Å². The van der Waals surface area contributed by atoms with E-state index in [-0.39, 0.29) is 0 Å². The van der Waals surface area contributed by atoms with Crippen LogP contribution in [0.2, 0.25) is 0 Å². The summed E-state index contributed by atoms with van der Waals surface area (Å²) in [4.78, 5) is 4.80. The molecule has 0 unspecified atom stereocenters. The predicted molar refractivity (Wildman–Crippen MR) is 95.2 cm³/mol. The highest BCUT2D eigenvalue weighted by Gasteiger charge is 2.13. The van der Waals surface area contributed by atoms with Crippen molar-refractivity contribution in [3.63, 3.8) is 0 Å². The van der Waals surface area contributed by atoms with E-state index >= 15 is 0 Å². The molecule has 3 aromatic rings. The first-order chi connectivity index (χ1) is 11.2. The fourth-order valence-electron chi connectivity index (χ4n) is 2.79. The van der Waals surface area contributed by atoms with Gasteiger partial charge in [0.15, 0.2) is 0 Å². The second-order valence-corrected chi connectivity index (χ2v) is 6.19. The molecule has 0 bridgehead atoms. The SMILES string of the molecule is CCCOc1ccc(Cn2c(C(C)C)nc3ccccc32)cc1. The van der Waals surface area contributed by atoms with Gasteiger partial charge in [-0.3, -0.25) is 0 Å². The average Bonchev–Trinajstić information content (AvgIpc) is 2.93. The van der Waals surface area contributed by atoms with Gasteiger partial charge in [-0.15, -0.1) is 0 Å². The zero-order valence-corrected chi connectivity index (χ0v) is 14.1. The molecule has 0 aliphatic carbocycles. The van der Waals surface area contributed by atoms with Gasteiger partial charge in [-0.25, -0.2) is 4.98 Å². The maximum absolute atomic E-state index is 5.66. The Morgan fingerprint density at radius 1 is 1.04 bits per heavy atom. The molecular weight excluding hydrogens is 284 g/mol. The van der Waals surface area contributed by atoms with E-state index in [4.69, 9.17) is 9.72 Å². The molecule has 0 aliphatic rings. The Balaban J connectivity index is 1.90. The van der Waals surface area contributed by atoms with E-state index in [1.54, 1.807) is 0 Å². The number of hydrogen-bond donors (Lipinski definition) is 0. The van der Waals surface area contributed by atoms with E-state index in [9.17, 15) is 0 Å². The monoisotopic (exact) mass is 308 g/mol. The van der Waals surface area contributed by atoms with Crippen molar-refractivity contribution in [2.45, 2.75) is 39.7 Å². The zero-order valence-electron chi connectivity index (χ0n) is 14.1. The van der Waals surface area contributed by atoms with Crippen molar-refractivity contribution in [2.24, 2.45) is 0 Å². The summed E-state index contributed by atoms with van der Waals surface area (Å²) in [7, 11) is 0. The van der Waals surface area contributed by atoms with E-state index in [0.717, 1.165) is 36.7 Å². The first-order valence-corrected chi connectivity index (χ1v) is 8.36. The van der Waals surface area contributed by atoms with E-state index in [1.807, 2.05) is 6.07 Å². The van der Waals surface area contributed by atoms with Crippen LogP contribution in [0.1, 0.15) is 44.5 Å². The van der Waals surface area contributed by atoms with E-state index in [2.05, 4.69) is 67.8 Å². The summed E-state index contributed by atoms with van der Waals surface area (Å²) in [5, 5.41) is 0. The molecule has 0 fully saturated rings. The Hall–Kier alpha value is -2.29. The Labute approximate surface area is 137 Å². The Bertz CT molecular complexity index is 772. The number of nitrogens with zero attached hydrogens (tertiary/aromatic N) is 2. The second kappa shape index (κ2) is 6.86. The van der Waals surface area contributed by atoms with Crippen molar-refractivity contribution in [1.29, 1.82) is 0 Å². The normalized spacial score (nSPS) is 11.3. The lowest BCUT2D eigenvalue weighted by Gasteiger charge is -2.12. The second-order valence-electron chi connectivity index (χ2n) is 6.19. The van der Waals surface area contributed by atoms with Crippen LogP contribution in [0.3, 0.4) is 0 Å². The summed E-state index contributed by atoms with van der Waals surface area (Å²) < 4.78 is 7.98. The zero-order chi connectivity index (χ0) is 16.2. The van der Waals surface area contributed by atoms with Gasteiger partial charge in [0.05, 0.1) is 17.6 Å². The minimum absolute atomic E-state index is 0.398. The molecule has 23 heavy (non-hydrogen) atoms. The van der Waals surface area contributed by atoms with Gasteiger partial charge in [-0.2, -0.15) is 0 Å². The number of rotatable bonds is 6. The molecule has 1 heterocycles. The van der Waals surface area contributed by atoms with Crippen molar-refractivity contribution in [2.75, 3.05) is 6.61 Å². The number of para-hydroxylation sites is 2. The van der Waals surface area contributed by atoms with E-state index < -0.39 is 0 Å². The number of fused-ring (bicyclic) bond motifs is 1. The van der Waals surface area contributed by atoms with Crippen LogP contribution in [0, 0.1) is 0 Å². The number of ether oxygens (including phenoxy) is 1. The molecule has 1 aromatic heterocycles. The Kier molecular flexibility index (Phi) is 4.65.